The minimum atomic E-state index is -0.441. The zero-order valence-electron chi connectivity index (χ0n) is 10.3. The van der Waals surface area contributed by atoms with Gasteiger partial charge in [-0.15, -0.1) is 6.58 Å². The fourth-order valence-electron chi connectivity index (χ4n) is 2.24. The first-order valence-electron chi connectivity index (χ1n) is 6.03. The maximum absolute atomic E-state index is 13.5. The van der Waals surface area contributed by atoms with Crippen molar-refractivity contribution in [3.63, 3.8) is 0 Å². The molecule has 1 saturated heterocycles. The number of benzene rings is 1. The molecule has 1 aliphatic heterocycles. The monoisotopic (exact) mass is 245 g/mol. The highest BCUT2D eigenvalue weighted by atomic mass is 19.1. The zero-order valence-corrected chi connectivity index (χ0v) is 10.3. The molecule has 1 aromatic carbocycles. The third kappa shape index (κ3) is 2.52. The summed E-state index contributed by atoms with van der Waals surface area (Å²) in [4.78, 5) is 4.36. The molecule has 1 aromatic rings. The largest absolute Gasteiger partial charge is 0.368 e. The van der Waals surface area contributed by atoms with Crippen LogP contribution in [0.3, 0.4) is 0 Å². The summed E-state index contributed by atoms with van der Waals surface area (Å²) in [5, 5.41) is 9.03. The Morgan fingerprint density at radius 3 is 2.67 bits per heavy atom. The third-order valence-corrected chi connectivity index (χ3v) is 3.20. The standard InChI is InChI=1S/C14H16FN3/c1-2-6-17-7-9-18(10-8-17)14-5-3-4-13(15)12(14)11-16/h2-5H,1,6-10H2. The Bertz CT molecular complexity index is 470. The Labute approximate surface area is 107 Å². The van der Waals surface area contributed by atoms with Crippen LogP contribution in [0.2, 0.25) is 0 Å². The average Bonchev–Trinajstić information content (AvgIpc) is 2.40. The van der Waals surface area contributed by atoms with Gasteiger partial charge in [0.15, 0.2) is 0 Å². The maximum Gasteiger partial charge on any atom is 0.143 e. The number of anilines is 1. The van der Waals surface area contributed by atoms with E-state index in [-0.39, 0.29) is 5.56 Å². The molecule has 4 heteroatoms. The second-order valence-corrected chi connectivity index (χ2v) is 4.32. The van der Waals surface area contributed by atoms with Crippen LogP contribution >= 0.6 is 0 Å². The number of rotatable bonds is 3. The van der Waals surface area contributed by atoms with E-state index in [1.54, 1.807) is 6.07 Å². The second-order valence-electron chi connectivity index (χ2n) is 4.32. The molecule has 2 rings (SSSR count). The minimum Gasteiger partial charge on any atom is -0.368 e. The lowest BCUT2D eigenvalue weighted by atomic mass is 10.1. The predicted molar refractivity (Wildman–Crippen MR) is 70.0 cm³/mol. The fraction of sp³-hybridized carbons (Fsp3) is 0.357. The number of nitrogens with zero attached hydrogens (tertiary/aromatic N) is 3. The van der Waals surface area contributed by atoms with Crippen LogP contribution in [-0.4, -0.2) is 37.6 Å². The number of nitriles is 1. The lowest BCUT2D eigenvalue weighted by molar-refractivity contribution is 0.284. The summed E-state index contributed by atoms with van der Waals surface area (Å²) in [7, 11) is 0. The summed E-state index contributed by atoms with van der Waals surface area (Å²) in [5.41, 5.74) is 0.852. The summed E-state index contributed by atoms with van der Waals surface area (Å²) in [6, 6.07) is 6.75. The number of hydrogen-bond acceptors (Lipinski definition) is 3. The Balaban J connectivity index is 2.13. The van der Waals surface area contributed by atoms with Crippen LogP contribution in [-0.2, 0) is 0 Å². The van der Waals surface area contributed by atoms with Crippen LogP contribution in [0, 0.1) is 17.1 Å². The van der Waals surface area contributed by atoms with E-state index in [4.69, 9.17) is 5.26 Å². The van der Waals surface area contributed by atoms with Crippen LogP contribution in [0.4, 0.5) is 10.1 Å². The molecule has 0 N–H and O–H groups in total. The normalized spacial score (nSPS) is 16.3. The van der Waals surface area contributed by atoms with Gasteiger partial charge in [0.1, 0.15) is 17.4 Å². The van der Waals surface area contributed by atoms with E-state index in [0.717, 1.165) is 32.7 Å². The van der Waals surface area contributed by atoms with Crippen LogP contribution < -0.4 is 4.90 Å². The van der Waals surface area contributed by atoms with Gasteiger partial charge >= 0.3 is 0 Å². The first-order chi connectivity index (χ1) is 8.76. The van der Waals surface area contributed by atoms with E-state index in [0.29, 0.717) is 5.69 Å². The fourth-order valence-corrected chi connectivity index (χ4v) is 2.24. The van der Waals surface area contributed by atoms with Crippen molar-refractivity contribution >= 4 is 5.69 Å². The van der Waals surface area contributed by atoms with Crippen molar-refractivity contribution < 1.29 is 4.39 Å². The first kappa shape index (κ1) is 12.6. The van der Waals surface area contributed by atoms with Crippen molar-refractivity contribution in [3.05, 3.63) is 42.2 Å². The van der Waals surface area contributed by atoms with Crippen molar-refractivity contribution in [2.75, 3.05) is 37.6 Å². The molecular weight excluding hydrogens is 229 g/mol. The Morgan fingerprint density at radius 2 is 2.06 bits per heavy atom. The predicted octanol–water partition coefficient (Wildman–Crippen LogP) is 2.01. The molecular formula is C14H16FN3. The summed E-state index contributed by atoms with van der Waals surface area (Å²) >= 11 is 0. The SMILES string of the molecule is C=CCN1CCN(c2cccc(F)c2C#N)CC1. The van der Waals surface area contributed by atoms with Gasteiger partial charge < -0.3 is 4.90 Å². The summed E-state index contributed by atoms with van der Waals surface area (Å²) in [6.07, 6.45) is 1.89. The van der Waals surface area contributed by atoms with Gasteiger partial charge in [-0.25, -0.2) is 4.39 Å². The molecule has 0 aliphatic carbocycles. The quantitative estimate of drug-likeness (QED) is 0.763. The van der Waals surface area contributed by atoms with Gasteiger partial charge in [-0.05, 0) is 12.1 Å². The number of piperazine rings is 1. The number of hydrogen-bond donors (Lipinski definition) is 0. The molecule has 3 nitrogen and oxygen atoms in total. The van der Waals surface area contributed by atoms with Gasteiger partial charge in [0.05, 0.1) is 5.69 Å². The Hall–Kier alpha value is -1.86. The average molecular weight is 245 g/mol. The topological polar surface area (TPSA) is 30.3 Å². The molecule has 0 unspecified atom stereocenters. The van der Waals surface area contributed by atoms with Crippen LogP contribution in [0.5, 0.6) is 0 Å². The van der Waals surface area contributed by atoms with Crippen LogP contribution in [0.25, 0.3) is 0 Å². The second kappa shape index (κ2) is 5.65. The van der Waals surface area contributed by atoms with Crippen molar-refractivity contribution in [1.29, 1.82) is 5.26 Å². The van der Waals surface area contributed by atoms with Crippen molar-refractivity contribution in [2.45, 2.75) is 0 Å². The van der Waals surface area contributed by atoms with E-state index < -0.39 is 5.82 Å². The van der Waals surface area contributed by atoms with E-state index in [2.05, 4.69) is 16.4 Å². The molecule has 0 spiro atoms. The van der Waals surface area contributed by atoms with Crippen molar-refractivity contribution in [2.24, 2.45) is 0 Å². The van der Waals surface area contributed by atoms with Crippen LogP contribution in [0.15, 0.2) is 30.9 Å². The van der Waals surface area contributed by atoms with Gasteiger partial charge in [0, 0.05) is 32.7 Å². The molecule has 0 saturated carbocycles. The molecule has 0 amide bonds. The molecule has 94 valence electrons. The summed E-state index contributed by atoms with van der Waals surface area (Å²) in [6.45, 7) is 8.04. The summed E-state index contributed by atoms with van der Waals surface area (Å²) < 4.78 is 13.5. The molecule has 1 heterocycles. The highest BCUT2D eigenvalue weighted by Gasteiger charge is 2.19. The maximum atomic E-state index is 13.5. The van der Waals surface area contributed by atoms with Gasteiger partial charge in [0.2, 0.25) is 0 Å². The molecule has 0 atom stereocenters. The lowest BCUT2D eigenvalue weighted by Gasteiger charge is -2.35. The molecule has 0 radical (unpaired) electrons. The van der Waals surface area contributed by atoms with E-state index in [1.807, 2.05) is 18.2 Å². The van der Waals surface area contributed by atoms with E-state index in [1.165, 1.54) is 6.07 Å². The van der Waals surface area contributed by atoms with E-state index in [9.17, 15) is 4.39 Å². The molecule has 1 aliphatic rings. The summed E-state index contributed by atoms with van der Waals surface area (Å²) in [5.74, 6) is -0.441. The molecule has 0 bridgehead atoms. The van der Waals surface area contributed by atoms with Gasteiger partial charge in [0.25, 0.3) is 0 Å². The molecule has 18 heavy (non-hydrogen) atoms. The highest BCUT2D eigenvalue weighted by molar-refractivity contribution is 5.60. The van der Waals surface area contributed by atoms with Crippen LogP contribution in [0.1, 0.15) is 5.56 Å². The molecule has 1 fully saturated rings. The number of halogens is 1. The lowest BCUT2D eigenvalue weighted by Crippen LogP contribution is -2.46. The van der Waals surface area contributed by atoms with Crippen molar-refractivity contribution in [3.8, 4) is 6.07 Å². The van der Waals surface area contributed by atoms with Crippen molar-refractivity contribution in [1.82, 2.24) is 4.90 Å². The molecule has 0 aromatic heterocycles. The third-order valence-electron chi connectivity index (χ3n) is 3.20. The van der Waals surface area contributed by atoms with Gasteiger partial charge in [-0.3, -0.25) is 4.90 Å². The van der Waals surface area contributed by atoms with Gasteiger partial charge in [-0.1, -0.05) is 12.1 Å². The highest BCUT2D eigenvalue weighted by Crippen LogP contribution is 2.23. The Kier molecular flexibility index (Phi) is 3.96. The Morgan fingerprint density at radius 1 is 1.33 bits per heavy atom. The smallest absolute Gasteiger partial charge is 0.143 e. The zero-order chi connectivity index (χ0) is 13.0. The first-order valence-corrected chi connectivity index (χ1v) is 6.03. The minimum absolute atomic E-state index is 0.148. The van der Waals surface area contributed by atoms with E-state index >= 15 is 0 Å². The van der Waals surface area contributed by atoms with Gasteiger partial charge in [-0.2, -0.15) is 5.26 Å².